The number of hydrogen-bond donors (Lipinski definition) is 2. The predicted octanol–water partition coefficient (Wildman–Crippen LogP) is 4.50. The van der Waals surface area contributed by atoms with Crippen LogP contribution < -0.4 is 11.1 Å². The van der Waals surface area contributed by atoms with E-state index in [0.29, 0.717) is 32.7 Å². The molecule has 2 rings (SSSR count). The molecule has 0 aliphatic rings. The summed E-state index contributed by atoms with van der Waals surface area (Å²) >= 11 is 12.1. The van der Waals surface area contributed by atoms with Crippen LogP contribution in [0.3, 0.4) is 0 Å². The van der Waals surface area contributed by atoms with Gasteiger partial charge in [-0.25, -0.2) is 4.79 Å². The summed E-state index contributed by atoms with van der Waals surface area (Å²) in [6, 6.07) is 10.1. The van der Waals surface area contributed by atoms with E-state index in [1.165, 1.54) is 0 Å². The zero-order valence-corrected chi connectivity index (χ0v) is 12.8. The predicted molar refractivity (Wildman–Crippen MR) is 86.6 cm³/mol. The number of nitrogen functional groups attached to an aromatic ring is 1. The first-order valence-electron chi connectivity index (χ1n) is 6.30. The SMILES string of the molecule is CCOC(=O)c1cc(N)ccc1Nc1cccc(Cl)c1Cl. The number of esters is 1. The van der Waals surface area contributed by atoms with Gasteiger partial charge in [0.05, 0.1) is 33.6 Å². The maximum Gasteiger partial charge on any atom is 0.340 e. The highest BCUT2D eigenvalue weighted by Gasteiger charge is 2.14. The fourth-order valence-electron chi connectivity index (χ4n) is 1.79. The van der Waals surface area contributed by atoms with Crippen LogP contribution in [0.2, 0.25) is 10.0 Å². The number of carbonyl (C=O) groups is 1. The van der Waals surface area contributed by atoms with Crippen molar-refractivity contribution in [3.63, 3.8) is 0 Å². The number of hydrogen-bond acceptors (Lipinski definition) is 4. The van der Waals surface area contributed by atoms with Crippen LogP contribution in [-0.2, 0) is 4.74 Å². The Morgan fingerprint density at radius 2 is 2.00 bits per heavy atom. The van der Waals surface area contributed by atoms with Crippen molar-refractivity contribution in [2.45, 2.75) is 6.92 Å². The van der Waals surface area contributed by atoms with E-state index in [1.807, 2.05) is 0 Å². The molecule has 4 nitrogen and oxygen atoms in total. The largest absolute Gasteiger partial charge is 0.462 e. The standard InChI is InChI=1S/C15H14Cl2N2O2/c1-2-21-15(20)10-8-9(18)6-7-12(10)19-13-5-3-4-11(16)14(13)17/h3-8,19H,2,18H2,1H3. The molecule has 3 N–H and O–H groups in total. The van der Waals surface area contributed by atoms with Crippen LogP contribution in [0.25, 0.3) is 0 Å². The molecule has 0 aliphatic heterocycles. The number of rotatable bonds is 4. The van der Waals surface area contributed by atoms with Crippen LogP contribution in [0.4, 0.5) is 17.1 Å². The number of nitrogens with two attached hydrogens (primary N) is 1. The van der Waals surface area contributed by atoms with E-state index in [0.717, 1.165) is 0 Å². The van der Waals surface area contributed by atoms with Gasteiger partial charge in [-0.2, -0.15) is 0 Å². The number of carbonyl (C=O) groups excluding carboxylic acids is 1. The molecule has 110 valence electrons. The van der Waals surface area contributed by atoms with Crippen LogP contribution in [0.15, 0.2) is 36.4 Å². The molecule has 2 aromatic rings. The lowest BCUT2D eigenvalue weighted by Gasteiger charge is -2.13. The molecule has 0 saturated heterocycles. The van der Waals surface area contributed by atoms with Crippen molar-refractivity contribution in [1.82, 2.24) is 0 Å². The fourth-order valence-corrected chi connectivity index (χ4v) is 2.14. The van der Waals surface area contributed by atoms with E-state index in [2.05, 4.69) is 5.32 Å². The van der Waals surface area contributed by atoms with Gasteiger partial charge in [0.15, 0.2) is 0 Å². The Bertz CT molecular complexity index is 675. The highest BCUT2D eigenvalue weighted by molar-refractivity contribution is 6.43. The quantitative estimate of drug-likeness (QED) is 0.642. The molecule has 0 heterocycles. The van der Waals surface area contributed by atoms with Crippen LogP contribution >= 0.6 is 23.2 Å². The molecular weight excluding hydrogens is 311 g/mol. The van der Waals surface area contributed by atoms with Crippen molar-refractivity contribution in [3.8, 4) is 0 Å². The number of benzene rings is 2. The van der Waals surface area contributed by atoms with Gasteiger partial charge in [0.1, 0.15) is 0 Å². The van der Waals surface area contributed by atoms with Gasteiger partial charge in [-0.15, -0.1) is 0 Å². The van der Waals surface area contributed by atoms with E-state index in [4.69, 9.17) is 33.7 Å². The molecule has 0 aliphatic carbocycles. The zero-order chi connectivity index (χ0) is 15.4. The molecule has 0 amide bonds. The van der Waals surface area contributed by atoms with E-state index < -0.39 is 5.97 Å². The minimum Gasteiger partial charge on any atom is -0.462 e. The van der Waals surface area contributed by atoms with Crippen molar-refractivity contribution in [1.29, 1.82) is 0 Å². The normalized spacial score (nSPS) is 10.2. The molecule has 0 aromatic heterocycles. The molecule has 21 heavy (non-hydrogen) atoms. The van der Waals surface area contributed by atoms with Crippen molar-refractivity contribution >= 4 is 46.2 Å². The summed E-state index contributed by atoms with van der Waals surface area (Å²) in [4.78, 5) is 12.0. The molecule has 0 radical (unpaired) electrons. The first-order valence-corrected chi connectivity index (χ1v) is 7.06. The first-order chi connectivity index (χ1) is 10.0. The highest BCUT2D eigenvalue weighted by Crippen LogP contribution is 2.33. The molecule has 0 bridgehead atoms. The smallest absolute Gasteiger partial charge is 0.340 e. The number of halogens is 2. The lowest BCUT2D eigenvalue weighted by molar-refractivity contribution is 0.0527. The van der Waals surface area contributed by atoms with Crippen LogP contribution in [-0.4, -0.2) is 12.6 Å². The summed E-state index contributed by atoms with van der Waals surface area (Å²) < 4.78 is 5.02. The van der Waals surface area contributed by atoms with Crippen LogP contribution in [0.5, 0.6) is 0 Å². The minimum atomic E-state index is -0.453. The summed E-state index contributed by atoms with van der Waals surface area (Å²) in [5.41, 5.74) is 7.68. The average Bonchev–Trinajstić information content (AvgIpc) is 2.46. The summed E-state index contributed by atoms with van der Waals surface area (Å²) in [5, 5.41) is 3.88. The Labute approximate surface area is 132 Å². The number of anilines is 3. The maximum absolute atomic E-state index is 12.0. The van der Waals surface area contributed by atoms with Gasteiger partial charge in [0, 0.05) is 5.69 Å². The van der Waals surface area contributed by atoms with Gasteiger partial charge >= 0.3 is 5.97 Å². The van der Waals surface area contributed by atoms with Gasteiger partial charge in [-0.05, 0) is 37.3 Å². The van der Waals surface area contributed by atoms with Gasteiger partial charge in [0.2, 0.25) is 0 Å². The third kappa shape index (κ3) is 3.60. The Hall–Kier alpha value is -1.91. The second kappa shape index (κ2) is 6.70. The Balaban J connectivity index is 2.40. The van der Waals surface area contributed by atoms with Crippen LogP contribution in [0.1, 0.15) is 17.3 Å². The maximum atomic E-state index is 12.0. The average molecular weight is 325 g/mol. The van der Waals surface area contributed by atoms with Gasteiger partial charge < -0.3 is 15.8 Å². The van der Waals surface area contributed by atoms with E-state index in [1.54, 1.807) is 43.3 Å². The monoisotopic (exact) mass is 324 g/mol. The van der Waals surface area contributed by atoms with Gasteiger partial charge in [-0.3, -0.25) is 0 Å². The third-order valence-electron chi connectivity index (χ3n) is 2.76. The molecule has 0 saturated carbocycles. The molecule has 6 heteroatoms. The lowest BCUT2D eigenvalue weighted by atomic mass is 10.1. The van der Waals surface area contributed by atoms with E-state index in [-0.39, 0.29) is 6.61 Å². The van der Waals surface area contributed by atoms with E-state index >= 15 is 0 Å². The summed E-state index contributed by atoms with van der Waals surface area (Å²) in [6.45, 7) is 2.02. The summed E-state index contributed by atoms with van der Waals surface area (Å²) in [7, 11) is 0. The molecular formula is C15H14Cl2N2O2. The summed E-state index contributed by atoms with van der Waals surface area (Å²) in [6.07, 6.45) is 0. The first kappa shape index (κ1) is 15.5. The zero-order valence-electron chi connectivity index (χ0n) is 11.3. The Morgan fingerprint density at radius 3 is 2.71 bits per heavy atom. The topological polar surface area (TPSA) is 64.3 Å². The van der Waals surface area contributed by atoms with Crippen molar-refractivity contribution in [2.24, 2.45) is 0 Å². The number of nitrogens with one attached hydrogen (secondary N) is 1. The molecule has 0 fully saturated rings. The molecule has 0 spiro atoms. The Kier molecular flexibility index (Phi) is 4.94. The van der Waals surface area contributed by atoms with Crippen molar-refractivity contribution in [3.05, 3.63) is 52.0 Å². The highest BCUT2D eigenvalue weighted by atomic mass is 35.5. The number of ether oxygens (including phenoxy) is 1. The van der Waals surface area contributed by atoms with Gasteiger partial charge in [0.25, 0.3) is 0 Å². The van der Waals surface area contributed by atoms with Crippen LogP contribution in [0, 0.1) is 0 Å². The fraction of sp³-hybridized carbons (Fsp3) is 0.133. The molecule has 2 aromatic carbocycles. The third-order valence-corrected chi connectivity index (χ3v) is 3.58. The van der Waals surface area contributed by atoms with Crippen molar-refractivity contribution < 1.29 is 9.53 Å². The molecule has 0 atom stereocenters. The lowest BCUT2D eigenvalue weighted by Crippen LogP contribution is -2.08. The summed E-state index contributed by atoms with van der Waals surface area (Å²) in [5.74, 6) is -0.453. The van der Waals surface area contributed by atoms with Gasteiger partial charge in [-0.1, -0.05) is 29.3 Å². The molecule has 0 unspecified atom stereocenters. The minimum absolute atomic E-state index is 0.283. The Morgan fingerprint density at radius 1 is 1.24 bits per heavy atom. The second-order valence-corrected chi connectivity index (χ2v) is 5.04. The van der Waals surface area contributed by atoms with Crippen molar-refractivity contribution in [2.75, 3.05) is 17.7 Å². The second-order valence-electron chi connectivity index (χ2n) is 4.25. The van der Waals surface area contributed by atoms with E-state index in [9.17, 15) is 4.79 Å².